The van der Waals surface area contributed by atoms with E-state index in [0.29, 0.717) is 11.1 Å². The molecular formula is C17H24ClN7. The van der Waals surface area contributed by atoms with Crippen LogP contribution in [0.3, 0.4) is 0 Å². The smallest absolute Gasteiger partial charge is 0.191 e. The first-order valence-electron chi connectivity index (χ1n) is 8.54. The van der Waals surface area contributed by atoms with Gasteiger partial charge in [-0.2, -0.15) is 0 Å². The second kappa shape index (κ2) is 8.71. The number of guanidine groups is 1. The largest absolute Gasteiger partial charge is 0.356 e. The molecule has 1 atom stereocenters. The standard InChI is InChI=1S/C17H24ClN7/c1-19-17(22-7-3-9-24-11-8-20-13-24)23-14-5-10-25(12-14)16-15(18)4-2-6-21-16/h2,4,6,8,11,13-14H,3,5,7,9-10,12H2,1H3,(H2,19,22,23). The number of aliphatic imine (C=N–C) groups is 1. The summed E-state index contributed by atoms with van der Waals surface area (Å²) < 4.78 is 2.07. The lowest BCUT2D eigenvalue weighted by Crippen LogP contribution is -2.45. The third-order valence-corrected chi connectivity index (χ3v) is 4.53. The maximum absolute atomic E-state index is 6.24. The van der Waals surface area contributed by atoms with E-state index in [1.165, 1.54) is 0 Å². The zero-order chi connectivity index (χ0) is 17.5. The molecule has 25 heavy (non-hydrogen) atoms. The number of aromatic nitrogens is 3. The molecule has 3 rings (SSSR count). The number of hydrogen-bond acceptors (Lipinski definition) is 4. The van der Waals surface area contributed by atoms with Gasteiger partial charge in [-0.3, -0.25) is 4.99 Å². The highest BCUT2D eigenvalue weighted by molar-refractivity contribution is 6.32. The van der Waals surface area contributed by atoms with E-state index in [1.807, 2.05) is 24.7 Å². The van der Waals surface area contributed by atoms with Gasteiger partial charge in [0.05, 0.1) is 11.3 Å². The molecular weight excluding hydrogens is 338 g/mol. The predicted octanol–water partition coefficient (Wildman–Crippen LogP) is 1.77. The van der Waals surface area contributed by atoms with Crippen LogP contribution in [0.5, 0.6) is 0 Å². The molecule has 0 aliphatic carbocycles. The zero-order valence-electron chi connectivity index (χ0n) is 14.4. The van der Waals surface area contributed by atoms with Gasteiger partial charge in [-0.05, 0) is 25.0 Å². The molecule has 2 aromatic rings. The molecule has 3 heterocycles. The molecule has 2 aromatic heterocycles. The number of pyridine rings is 1. The van der Waals surface area contributed by atoms with Crippen LogP contribution < -0.4 is 15.5 Å². The Morgan fingerprint density at radius 2 is 2.36 bits per heavy atom. The maximum Gasteiger partial charge on any atom is 0.191 e. The van der Waals surface area contributed by atoms with Crippen molar-refractivity contribution < 1.29 is 0 Å². The Morgan fingerprint density at radius 1 is 1.44 bits per heavy atom. The van der Waals surface area contributed by atoms with E-state index in [-0.39, 0.29) is 0 Å². The predicted molar refractivity (Wildman–Crippen MR) is 101 cm³/mol. The summed E-state index contributed by atoms with van der Waals surface area (Å²) in [6.45, 7) is 3.61. The molecule has 2 N–H and O–H groups in total. The van der Waals surface area contributed by atoms with Gasteiger partial charge < -0.3 is 20.1 Å². The van der Waals surface area contributed by atoms with E-state index in [9.17, 15) is 0 Å². The number of nitrogens with zero attached hydrogens (tertiary/aromatic N) is 5. The van der Waals surface area contributed by atoms with Crippen LogP contribution in [0.25, 0.3) is 0 Å². The normalized spacial score (nSPS) is 17.8. The number of halogens is 1. The fraction of sp³-hybridized carbons (Fsp3) is 0.471. The van der Waals surface area contributed by atoms with E-state index in [1.54, 1.807) is 19.4 Å². The second-order valence-electron chi connectivity index (χ2n) is 6.04. The van der Waals surface area contributed by atoms with Crippen LogP contribution in [0, 0.1) is 0 Å². The van der Waals surface area contributed by atoms with Gasteiger partial charge in [-0.25, -0.2) is 9.97 Å². The SMILES string of the molecule is CN=C(NCCCn1ccnc1)NC1CCN(c2ncccc2Cl)C1. The monoisotopic (exact) mass is 361 g/mol. The number of aryl methyl sites for hydroxylation is 1. The number of imidazole rings is 1. The highest BCUT2D eigenvalue weighted by Crippen LogP contribution is 2.25. The first-order chi connectivity index (χ1) is 12.3. The zero-order valence-corrected chi connectivity index (χ0v) is 15.2. The number of hydrogen-bond donors (Lipinski definition) is 2. The summed E-state index contributed by atoms with van der Waals surface area (Å²) in [5.74, 6) is 1.70. The number of nitrogens with one attached hydrogen (secondary N) is 2. The van der Waals surface area contributed by atoms with Crippen molar-refractivity contribution in [1.82, 2.24) is 25.2 Å². The Bertz CT molecular complexity index is 686. The van der Waals surface area contributed by atoms with Crippen molar-refractivity contribution in [2.24, 2.45) is 4.99 Å². The molecule has 0 spiro atoms. The topological polar surface area (TPSA) is 70.4 Å². The number of rotatable bonds is 6. The summed E-state index contributed by atoms with van der Waals surface area (Å²) in [6, 6.07) is 4.07. The minimum atomic E-state index is 0.331. The van der Waals surface area contributed by atoms with E-state index in [0.717, 1.165) is 50.8 Å². The fourth-order valence-corrected chi connectivity index (χ4v) is 3.20. The molecule has 0 radical (unpaired) electrons. The van der Waals surface area contributed by atoms with E-state index in [4.69, 9.17) is 11.6 Å². The molecule has 0 bridgehead atoms. The summed E-state index contributed by atoms with van der Waals surface area (Å²) in [6.07, 6.45) is 9.43. The van der Waals surface area contributed by atoms with Gasteiger partial charge in [-0.1, -0.05) is 11.6 Å². The summed E-state index contributed by atoms with van der Waals surface area (Å²) in [5, 5.41) is 7.55. The van der Waals surface area contributed by atoms with Crippen molar-refractivity contribution in [1.29, 1.82) is 0 Å². The van der Waals surface area contributed by atoms with Crippen LogP contribution in [0.2, 0.25) is 5.02 Å². The average molecular weight is 362 g/mol. The second-order valence-corrected chi connectivity index (χ2v) is 6.45. The van der Waals surface area contributed by atoms with Gasteiger partial charge in [0.2, 0.25) is 0 Å². The minimum Gasteiger partial charge on any atom is -0.356 e. The Hall–Kier alpha value is -2.28. The quantitative estimate of drug-likeness (QED) is 0.466. The first-order valence-corrected chi connectivity index (χ1v) is 8.92. The van der Waals surface area contributed by atoms with Crippen LogP contribution in [-0.2, 0) is 6.54 Å². The van der Waals surface area contributed by atoms with Crippen molar-refractivity contribution in [3.05, 3.63) is 42.1 Å². The Labute approximate surface area is 153 Å². The lowest BCUT2D eigenvalue weighted by atomic mass is 10.3. The third-order valence-electron chi connectivity index (χ3n) is 4.24. The van der Waals surface area contributed by atoms with Crippen molar-refractivity contribution in [3.63, 3.8) is 0 Å². The van der Waals surface area contributed by atoms with Gasteiger partial charge in [0.15, 0.2) is 5.96 Å². The van der Waals surface area contributed by atoms with Crippen LogP contribution in [-0.4, -0.2) is 53.2 Å². The van der Waals surface area contributed by atoms with Crippen LogP contribution in [0.15, 0.2) is 42.0 Å². The molecule has 1 saturated heterocycles. The summed E-state index contributed by atoms with van der Waals surface area (Å²) >= 11 is 6.24. The Balaban J connectivity index is 1.42. The molecule has 0 aromatic carbocycles. The third kappa shape index (κ3) is 4.85. The Morgan fingerprint density at radius 3 is 3.12 bits per heavy atom. The van der Waals surface area contributed by atoms with E-state index in [2.05, 4.69) is 35.1 Å². The number of anilines is 1. The van der Waals surface area contributed by atoms with Crippen LogP contribution >= 0.6 is 11.6 Å². The maximum atomic E-state index is 6.24. The van der Waals surface area contributed by atoms with Crippen molar-refractivity contribution in [2.75, 3.05) is 31.6 Å². The van der Waals surface area contributed by atoms with Gasteiger partial charge >= 0.3 is 0 Å². The van der Waals surface area contributed by atoms with Crippen molar-refractivity contribution in [2.45, 2.75) is 25.4 Å². The highest BCUT2D eigenvalue weighted by atomic mass is 35.5. The van der Waals surface area contributed by atoms with Gasteiger partial charge in [0.1, 0.15) is 5.82 Å². The van der Waals surface area contributed by atoms with Gasteiger partial charge in [-0.15, -0.1) is 0 Å². The first kappa shape index (κ1) is 17.5. The fourth-order valence-electron chi connectivity index (χ4n) is 2.96. The van der Waals surface area contributed by atoms with Gasteiger partial charge in [0, 0.05) is 57.9 Å². The molecule has 0 amide bonds. The minimum absolute atomic E-state index is 0.331. The van der Waals surface area contributed by atoms with E-state index < -0.39 is 0 Å². The molecule has 1 aliphatic rings. The molecule has 1 aliphatic heterocycles. The van der Waals surface area contributed by atoms with Crippen LogP contribution in [0.1, 0.15) is 12.8 Å². The van der Waals surface area contributed by atoms with Crippen LogP contribution in [0.4, 0.5) is 5.82 Å². The summed E-state index contributed by atoms with van der Waals surface area (Å²) in [4.78, 5) is 15.0. The summed E-state index contributed by atoms with van der Waals surface area (Å²) in [5.41, 5.74) is 0. The Kier molecular flexibility index (Phi) is 6.11. The molecule has 134 valence electrons. The van der Waals surface area contributed by atoms with E-state index >= 15 is 0 Å². The molecule has 1 unspecified atom stereocenters. The molecule has 7 nitrogen and oxygen atoms in total. The van der Waals surface area contributed by atoms with Gasteiger partial charge in [0.25, 0.3) is 0 Å². The molecule has 8 heteroatoms. The average Bonchev–Trinajstić information content (AvgIpc) is 3.30. The molecule has 1 fully saturated rings. The van der Waals surface area contributed by atoms with Crippen molar-refractivity contribution >= 4 is 23.4 Å². The lowest BCUT2D eigenvalue weighted by Gasteiger charge is -2.20. The summed E-state index contributed by atoms with van der Waals surface area (Å²) in [7, 11) is 1.80. The van der Waals surface area contributed by atoms with Crippen molar-refractivity contribution in [3.8, 4) is 0 Å². The molecule has 0 saturated carbocycles. The lowest BCUT2D eigenvalue weighted by molar-refractivity contribution is 0.609. The highest BCUT2D eigenvalue weighted by Gasteiger charge is 2.25.